The van der Waals surface area contributed by atoms with Crippen molar-refractivity contribution in [3.05, 3.63) is 35.9 Å². The SMILES string of the molecule is C[C@@H](NC(=O)C1CNCCO1)c1ccccc1. The first-order valence-corrected chi connectivity index (χ1v) is 5.95. The fraction of sp³-hybridized carbons (Fsp3) is 0.462. The summed E-state index contributed by atoms with van der Waals surface area (Å²) in [4.78, 5) is 11.9. The number of carbonyl (C=O) groups excluding carboxylic acids is 1. The molecule has 4 nitrogen and oxygen atoms in total. The van der Waals surface area contributed by atoms with Crippen molar-refractivity contribution < 1.29 is 9.53 Å². The third kappa shape index (κ3) is 3.28. The molecule has 0 spiro atoms. The average Bonchev–Trinajstić information content (AvgIpc) is 2.40. The number of hydrogen-bond acceptors (Lipinski definition) is 3. The van der Waals surface area contributed by atoms with Gasteiger partial charge < -0.3 is 15.4 Å². The third-order valence-electron chi connectivity index (χ3n) is 2.88. The zero-order chi connectivity index (χ0) is 12.1. The number of hydrogen-bond donors (Lipinski definition) is 2. The van der Waals surface area contributed by atoms with Crippen molar-refractivity contribution in [3.63, 3.8) is 0 Å². The molecule has 1 unspecified atom stereocenters. The van der Waals surface area contributed by atoms with Crippen LogP contribution in [-0.2, 0) is 9.53 Å². The summed E-state index contributed by atoms with van der Waals surface area (Å²) in [6.07, 6.45) is -0.366. The molecule has 1 heterocycles. The van der Waals surface area contributed by atoms with Crippen molar-refractivity contribution in [2.24, 2.45) is 0 Å². The maximum Gasteiger partial charge on any atom is 0.250 e. The van der Waals surface area contributed by atoms with Crippen molar-refractivity contribution in [1.29, 1.82) is 0 Å². The van der Waals surface area contributed by atoms with Gasteiger partial charge in [0.15, 0.2) is 0 Å². The maximum atomic E-state index is 11.9. The van der Waals surface area contributed by atoms with Gasteiger partial charge in [0.2, 0.25) is 0 Å². The molecule has 0 radical (unpaired) electrons. The van der Waals surface area contributed by atoms with Crippen LogP contribution >= 0.6 is 0 Å². The lowest BCUT2D eigenvalue weighted by Gasteiger charge is -2.24. The summed E-state index contributed by atoms with van der Waals surface area (Å²) < 4.78 is 5.40. The van der Waals surface area contributed by atoms with Crippen LogP contribution in [-0.4, -0.2) is 31.7 Å². The van der Waals surface area contributed by atoms with E-state index in [0.717, 1.165) is 12.1 Å². The first-order valence-electron chi connectivity index (χ1n) is 5.95. The zero-order valence-electron chi connectivity index (χ0n) is 9.98. The van der Waals surface area contributed by atoms with Gasteiger partial charge in [-0.2, -0.15) is 0 Å². The Bertz CT molecular complexity index is 361. The van der Waals surface area contributed by atoms with E-state index in [9.17, 15) is 4.79 Å². The molecule has 1 aromatic rings. The molecule has 0 saturated carbocycles. The van der Waals surface area contributed by atoms with Crippen molar-refractivity contribution in [2.45, 2.75) is 19.1 Å². The summed E-state index contributed by atoms with van der Waals surface area (Å²) >= 11 is 0. The van der Waals surface area contributed by atoms with Gasteiger partial charge in [-0.05, 0) is 12.5 Å². The number of nitrogens with one attached hydrogen (secondary N) is 2. The van der Waals surface area contributed by atoms with Gasteiger partial charge in [0.05, 0.1) is 12.6 Å². The van der Waals surface area contributed by atoms with E-state index in [0.29, 0.717) is 13.2 Å². The predicted molar refractivity (Wildman–Crippen MR) is 65.6 cm³/mol. The van der Waals surface area contributed by atoms with E-state index in [4.69, 9.17) is 4.74 Å². The highest BCUT2D eigenvalue weighted by molar-refractivity contribution is 5.81. The second kappa shape index (κ2) is 5.80. The van der Waals surface area contributed by atoms with E-state index >= 15 is 0 Å². The third-order valence-corrected chi connectivity index (χ3v) is 2.88. The molecule has 1 fully saturated rings. The van der Waals surface area contributed by atoms with Gasteiger partial charge >= 0.3 is 0 Å². The van der Waals surface area contributed by atoms with Gasteiger partial charge in [0, 0.05) is 13.1 Å². The summed E-state index contributed by atoms with van der Waals surface area (Å²) in [6, 6.07) is 9.92. The summed E-state index contributed by atoms with van der Waals surface area (Å²) in [7, 11) is 0. The van der Waals surface area contributed by atoms with Crippen LogP contribution in [0.15, 0.2) is 30.3 Å². The quantitative estimate of drug-likeness (QED) is 0.815. The van der Waals surface area contributed by atoms with Crippen LogP contribution in [0.3, 0.4) is 0 Å². The normalized spacial score (nSPS) is 21.8. The van der Waals surface area contributed by atoms with Crippen LogP contribution in [0, 0.1) is 0 Å². The van der Waals surface area contributed by atoms with Gasteiger partial charge in [0.25, 0.3) is 5.91 Å². The van der Waals surface area contributed by atoms with Gasteiger partial charge in [-0.3, -0.25) is 4.79 Å². The first-order chi connectivity index (χ1) is 8.27. The van der Waals surface area contributed by atoms with E-state index in [1.807, 2.05) is 37.3 Å². The van der Waals surface area contributed by atoms with Gasteiger partial charge in [-0.1, -0.05) is 30.3 Å². The van der Waals surface area contributed by atoms with E-state index < -0.39 is 0 Å². The smallest absolute Gasteiger partial charge is 0.250 e. The topological polar surface area (TPSA) is 50.4 Å². The maximum absolute atomic E-state index is 11.9. The monoisotopic (exact) mass is 234 g/mol. The van der Waals surface area contributed by atoms with Crippen molar-refractivity contribution in [2.75, 3.05) is 19.7 Å². The lowest BCUT2D eigenvalue weighted by molar-refractivity contribution is -0.134. The van der Waals surface area contributed by atoms with Crippen LogP contribution in [0.4, 0.5) is 0 Å². The minimum atomic E-state index is -0.366. The molecule has 1 aliphatic rings. The van der Waals surface area contributed by atoms with E-state index in [-0.39, 0.29) is 18.1 Å². The molecule has 1 amide bonds. The molecule has 92 valence electrons. The summed E-state index contributed by atoms with van der Waals surface area (Å²) in [6.45, 7) is 3.98. The summed E-state index contributed by atoms with van der Waals surface area (Å²) in [5, 5.41) is 6.10. The second-order valence-electron chi connectivity index (χ2n) is 4.20. The fourth-order valence-electron chi connectivity index (χ4n) is 1.87. The highest BCUT2D eigenvalue weighted by atomic mass is 16.5. The minimum Gasteiger partial charge on any atom is -0.366 e. The van der Waals surface area contributed by atoms with Crippen LogP contribution < -0.4 is 10.6 Å². The molecule has 0 aromatic heterocycles. The van der Waals surface area contributed by atoms with E-state index in [1.54, 1.807) is 0 Å². The van der Waals surface area contributed by atoms with Gasteiger partial charge in [0.1, 0.15) is 6.10 Å². The lowest BCUT2D eigenvalue weighted by Crippen LogP contribution is -2.48. The van der Waals surface area contributed by atoms with E-state index in [2.05, 4.69) is 10.6 Å². The predicted octanol–water partition coefficient (Wildman–Crippen LogP) is 0.852. The lowest BCUT2D eigenvalue weighted by atomic mass is 10.1. The van der Waals surface area contributed by atoms with Crippen LogP contribution in [0.1, 0.15) is 18.5 Å². The summed E-state index contributed by atoms with van der Waals surface area (Å²) in [5.74, 6) is -0.0476. The zero-order valence-corrected chi connectivity index (χ0v) is 9.98. The second-order valence-corrected chi connectivity index (χ2v) is 4.20. The largest absolute Gasteiger partial charge is 0.366 e. The number of amides is 1. The Morgan fingerprint density at radius 2 is 2.24 bits per heavy atom. The number of rotatable bonds is 3. The molecule has 1 aliphatic heterocycles. The Balaban J connectivity index is 1.89. The Morgan fingerprint density at radius 1 is 1.47 bits per heavy atom. The molecule has 4 heteroatoms. The molecule has 1 saturated heterocycles. The van der Waals surface area contributed by atoms with Crippen molar-refractivity contribution in [3.8, 4) is 0 Å². The van der Waals surface area contributed by atoms with Crippen LogP contribution in [0.25, 0.3) is 0 Å². The molecular weight excluding hydrogens is 216 g/mol. The van der Waals surface area contributed by atoms with Crippen molar-refractivity contribution in [1.82, 2.24) is 10.6 Å². The molecule has 2 rings (SSSR count). The Labute approximate surface area is 101 Å². The van der Waals surface area contributed by atoms with Crippen LogP contribution in [0.5, 0.6) is 0 Å². The Kier molecular flexibility index (Phi) is 4.12. The number of benzene rings is 1. The highest BCUT2D eigenvalue weighted by Crippen LogP contribution is 2.11. The van der Waals surface area contributed by atoms with Crippen LogP contribution in [0.2, 0.25) is 0 Å². The average molecular weight is 234 g/mol. The molecule has 0 bridgehead atoms. The fourth-order valence-corrected chi connectivity index (χ4v) is 1.87. The molecule has 2 N–H and O–H groups in total. The molecule has 1 aromatic carbocycles. The van der Waals surface area contributed by atoms with Gasteiger partial charge in [-0.15, -0.1) is 0 Å². The van der Waals surface area contributed by atoms with Crippen molar-refractivity contribution >= 4 is 5.91 Å². The molecule has 0 aliphatic carbocycles. The molecule has 2 atom stereocenters. The first kappa shape index (κ1) is 12.1. The number of ether oxygens (including phenoxy) is 1. The number of carbonyl (C=O) groups is 1. The number of morpholine rings is 1. The Hall–Kier alpha value is -1.39. The van der Waals surface area contributed by atoms with E-state index in [1.165, 1.54) is 0 Å². The molecular formula is C13H18N2O2. The minimum absolute atomic E-state index is 0.00854. The Morgan fingerprint density at radius 3 is 2.88 bits per heavy atom. The highest BCUT2D eigenvalue weighted by Gasteiger charge is 2.22. The standard InChI is InChI=1S/C13H18N2O2/c1-10(11-5-3-2-4-6-11)15-13(16)12-9-14-7-8-17-12/h2-6,10,12,14H,7-9H2,1H3,(H,15,16)/t10-,12?/m1/s1. The van der Waals surface area contributed by atoms with Gasteiger partial charge in [-0.25, -0.2) is 0 Å². The summed E-state index contributed by atoms with van der Waals surface area (Å²) in [5.41, 5.74) is 1.10. The molecule has 17 heavy (non-hydrogen) atoms.